The Morgan fingerprint density at radius 2 is 2.03 bits per heavy atom. The number of rotatable bonds is 3. The number of halogens is 2. The van der Waals surface area contributed by atoms with Crippen LogP contribution in [0.25, 0.3) is 10.9 Å². The molecule has 0 radical (unpaired) electrons. The maximum Gasteiger partial charge on any atom is 0.341 e. The average molecular weight is 516 g/mol. The van der Waals surface area contributed by atoms with Gasteiger partial charge in [-0.1, -0.05) is 22.6 Å². The van der Waals surface area contributed by atoms with Crippen LogP contribution in [-0.2, 0) is 5.66 Å². The molecule has 0 bridgehead atoms. The van der Waals surface area contributed by atoms with Gasteiger partial charge in [0.25, 0.3) is 0 Å². The van der Waals surface area contributed by atoms with Gasteiger partial charge in [-0.15, -0.1) is 0 Å². The number of piperazine rings is 1. The van der Waals surface area contributed by atoms with Gasteiger partial charge in [-0.05, 0) is 19.9 Å². The van der Waals surface area contributed by atoms with Crippen molar-refractivity contribution in [1.82, 2.24) is 9.47 Å². The Labute approximate surface area is 180 Å². The van der Waals surface area contributed by atoms with Gasteiger partial charge in [0.15, 0.2) is 11.6 Å². The molecule has 0 spiro atoms. The highest BCUT2D eigenvalue weighted by Gasteiger charge is 2.36. The number of benzene rings is 1. The van der Waals surface area contributed by atoms with Gasteiger partial charge in [-0.2, -0.15) is 0 Å². The number of hydrogen-bond acceptors (Lipinski definition) is 6. The van der Waals surface area contributed by atoms with Gasteiger partial charge in [0, 0.05) is 32.4 Å². The van der Waals surface area contributed by atoms with E-state index in [0.29, 0.717) is 28.3 Å². The molecule has 2 atom stereocenters. The van der Waals surface area contributed by atoms with Crippen molar-refractivity contribution in [3.05, 3.63) is 33.9 Å². The van der Waals surface area contributed by atoms with Crippen molar-refractivity contribution in [2.45, 2.75) is 23.6 Å². The number of ether oxygens (including phenoxy) is 1. The van der Waals surface area contributed by atoms with E-state index in [9.17, 15) is 14.7 Å². The lowest BCUT2D eigenvalue weighted by Crippen LogP contribution is -2.50. The molecule has 3 heterocycles. The molecule has 156 valence electrons. The summed E-state index contributed by atoms with van der Waals surface area (Å²) >= 11 is 2.35. The fourth-order valence-corrected chi connectivity index (χ4v) is 4.55. The molecule has 2 aliphatic rings. The van der Waals surface area contributed by atoms with Crippen molar-refractivity contribution in [2.24, 2.45) is 5.73 Å². The van der Waals surface area contributed by atoms with Crippen LogP contribution in [0.4, 0.5) is 10.1 Å². The van der Waals surface area contributed by atoms with Gasteiger partial charge in [0.05, 0.1) is 15.0 Å². The smallest absolute Gasteiger partial charge is 0.341 e. The van der Waals surface area contributed by atoms with E-state index in [1.165, 1.54) is 10.8 Å². The van der Waals surface area contributed by atoms with Crippen molar-refractivity contribution in [3.63, 3.8) is 0 Å². The second kappa shape index (κ2) is 7.10. The molecule has 29 heavy (non-hydrogen) atoms. The van der Waals surface area contributed by atoms with Crippen LogP contribution in [0.1, 0.15) is 24.2 Å². The maximum atomic E-state index is 15.2. The number of nitrogens with two attached hydrogens (primary N) is 1. The first-order valence-electron chi connectivity index (χ1n) is 9.32. The topological polar surface area (TPSA) is 101 Å². The van der Waals surface area contributed by atoms with Crippen molar-refractivity contribution in [3.8, 4) is 5.75 Å². The van der Waals surface area contributed by atoms with Crippen molar-refractivity contribution < 1.29 is 19.0 Å². The minimum atomic E-state index is -1.38. The molecule has 1 saturated heterocycles. The Bertz CT molecular complexity index is 1060. The summed E-state index contributed by atoms with van der Waals surface area (Å²) in [5, 5.41) is 9.36. The third-order valence-electron chi connectivity index (χ3n) is 5.59. The van der Waals surface area contributed by atoms with Gasteiger partial charge < -0.3 is 25.0 Å². The fourth-order valence-electron chi connectivity index (χ4n) is 3.99. The lowest BCUT2D eigenvalue weighted by atomic mass is 10.0. The largest absolute Gasteiger partial charge is 0.485 e. The number of carboxylic acids is 1. The fraction of sp³-hybridized carbons (Fsp3) is 0.474. The van der Waals surface area contributed by atoms with E-state index in [-0.39, 0.29) is 17.7 Å². The van der Waals surface area contributed by atoms with Crippen molar-refractivity contribution in [2.75, 3.05) is 37.7 Å². The van der Waals surface area contributed by atoms with Gasteiger partial charge in [-0.3, -0.25) is 9.69 Å². The lowest BCUT2D eigenvalue weighted by molar-refractivity contribution is 0.0693. The SMILES string of the molecule is CC(I)N1CCN(c2c(F)cc3c(=O)c(C(=O)O)cn4c3c2OC[C@@]4(C)N)CC1. The Morgan fingerprint density at radius 3 is 2.62 bits per heavy atom. The van der Waals surface area contributed by atoms with Crippen LogP contribution < -0.4 is 20.8 Å². The third-order valence-corrected chi connectivity index (χ3v) is 6.38. The average Bonchev–Trinajstić information content (AvgIpc) is 2.65. The number of pyridine rings is 1. The summed E-state index contributed by atoms with van der Waals surface area (Å²) in [7, 11) is 0. The molecule has 0 amide bonds. The standard InChI is InChI=1S/C19H22FIN4O4/c1-10(21)23-3-5-24(6-4-23)15-13(20)7-11-14-17(15)29-9-19(2,22)25(14)8-12(16(11)26)18(27)28/h7-8,10H,3-6,9,22H2,1-2H3,(H,27,28)/t10?,19-/m0/s1. The zero-order chi connectivity index (χ0) is 21.1. The number of anilines is 1. The first-order chi connectivity index (χ1) is 13.6. The van der Waals surface area contributed by atoms with E-state index in [4.69, 9.17) is 10.5 Å². The van der Waals surface area contributed by atoms with Gasteiger partial charge in [0.2, 0.25) is 5.43 Å². The predicted octanol–water partition coefficient (Wildman–Crippen LogP) is 1.77. The summed E-state index contributed by atoms with van der Waals surface area (Å²) < 4.78 is 23.0. The first kappa shape index (κ1) is 20.4. The summed E-state index contributed by atoms with van der Waals surface area (Å²) in [5.74, 6) is -1.73. The number of carboxylic acid groups (broad SMARTS) is 1. The molecule has 0 saturated carbocycles. The molecule has 8 nitrogen and oxygen atoms in total. The van der Waals surface area contributed by atoms with Crippen molar-refractivity contribution >= 4 is 45.2 Å². The normalized spacial score (nSPS) is 23.1. The van der Waals surface area contributed by atoms with Crippen LogP contribution in [0, 0.1) is 5.82 Å². The summed E-state index contributed by atoms with van der Waals surface area (Å²) in [6.07, 6.45) is 1.23. The van der Waals surface area contributed by atoms with Crippen LogP contribution in [-0.4, -0.2) is 57.4 Å². The second-order valence-electron chi connectivity index (χ2n) is 7.72. The van der Waals surface area contributed by atoms with Gasteiger partial charge >= 0.3 is 5.97 Å². The summed E-state index contributed by atoms with van der Waals surface area (Å²) in [6, 6.07) is 1.11. The number of aromatic carboxylic acids is 1. The predicted molar refractivity (Wildman–Crippen MR) is 116 cm³/mol. The molecule has 10 heteroatoms. The van der Waals surface area contributed by atoms with Gasteiger partial charge in [-0.25, -0.2) is 9.18 Å². The zero-order valence-corrected chi connectivity index (χ0v) is 18.3. The highest BCUT2D eigenvalue weighted by atomic mass is 127. The monoisotopic (exact) mass is 516 g/mol. The zero-order valence-electron chi connectivity index (χ0n) is 16.1. The molecule has 3 N–H and O–H groups in total. The van der Waals surface area contributed by atoms with E-state index >= 15 is 4.39 Å². The van der Waals surface area contributed by atoms with Crippen LogP contribution in [0.5, 0.6) is 5.75 Å². The van der Waals surface area contributed by atoms with Crippen LogP contribution in [0.15, 0.2) is 17.1 Å². The number of aromatic nitrogens is 1. The Morgan fingerprint density at radius 1 is 1.38 bits per heavy atom. The number of hydrogen-bond donors (Lipinski definition) is 2. The molecule has 2 aliphatic heterocycles. The van der Waals surface area contributed by atoms with Crippen LogP contribution >= 0.6 is 22.6 Å². The molecule has 1 aromatic heterocycles. The second-order valence-corrected chi connectivity index (χ2v) is 9.52. The minimum Gasteiger partial charge on any atom is -0.485 e. The van der Waals surface area contributed by atoms with Crippen LogP contribution in [0.2, 0.25) is 0 Å². The Kier molecular flexibility index (Phi) is 4.98. The van der Waals surface area contributed by atoms with E-state index in [2.05, 4.69) is 34.4 Å². The lowest BCUT2D eigenvalue weighted by Gasteiger charge is -2.40. The summed E-state index contributed by atoms with van der Waals surface area (Å²) in [5.41, 5.74) is 4.67. The third kappa shape index (κ3) is 3.26. The Hall–Kier alpha value is -1.92. The van der Waals surface area contributed by atoms with Gasteiger partial charge in [0.1, 0.15) is 23.5 Å². The molecule has 1 unspecified atom stereocenters. The molecule has 1 aromatic carbocycles. The molecular weight excluding hydrogens is 494 g/mol. The van der Waals surface area contributed by atoms with E-state index < -0.39 is 28.4 Å². The highest BCUT2D eigenvalue weighted by Crippen LogP contribution is 2.42. The Balaban J connectivity index is 1.93. The molecule has 1 fully saturated rings. The van der Waals surface area contributed by atoms with E-state index in [0.717, 1.165) is 19.2 Å². The van der Waals surface area contributed by atoms with Crippen molar-refractivity contribution in [1.29, 1.82) is 0 Å². The number of carbonyl (C=O) groups is 1. The summed E-state index contributed by atoms with van der Waals surface area (Å²) in [4.78, 5) is 28.5. The van der Waals surface area contributed by atoms with Crippen LogP contribution in [0.3, 0.4) is 0 Å². The maximum absolute atomic E-state index is 15.2. The number of nitrogens with zero attached hydrogens (tertiary/aromatic N) is 3. The van der Waals surface area contributed by atoms with E-state index in [1.54, 1.807) is 6.92 Å². The molecule has 0 aliphatic carbocycles. The molecular formula is C19H22FIN4O4. The minimum absolute atomic E-state index is 0.0260. The summed E-state index contributed by atoms with van der Waals surface area (Å²) in [6.45, 7) is 6.60. The quantitative estimate of drug-likeness (QED) is 0.365. The highest BCUT2D eigenvalue weighted by molar-refractivity contribution is 14.1. The number of alkyl halides is 1. The first-order valence-corrected chi connectivity index (χ1v) is 10.6. The molecule has 2 aromatic rings. The molecule has 4 rings (SSSR count). The van der Waals surface area contributed by atoms with E-state index in [1.807, 2.05) is 4.90 Å².